The van der Waals surface area contributed by atoms with E-state index in [0.29, 0.717) is 26.2 Å². The van der Waals surface area contributed by atoms with Gasteiger partial charge in [-0.1, -0.05) is 43.5 Å². The molecule has 1 aromatic carbocycles. The van der Waals surface area contributed by atoms with Crippen LogP contribution in [0.5, 0.6) is 0 Å². The summed E-state index contributed by atoms with van der Waals surface area (Å²) in [5.74, 6) is -0.491. The van der Waals surface area contributed by atoms with E-state index in [1.165, 1.54) is 6.42 Å². The summed E-state index contributed by atoms with van der Waals surface area (Å²) in [4.78, 5) is 27.6. The van der Waals surface area contributed by atoms with Crippen molar-refractivity contribution in [2.75, 3.05) is 25.6 Å². The van der Waals surface area contributed by atoms with Crippen molar-refractivity contribution < 1.29 is 14.3 Å². The van der Waals surface area contributed by atoms with Crippen molar-refractivity contribution in [1.82, 2.24) is 10.2 Å². The van der Waals surface area contributed by atoms with Gasteiger partial charge in [0.25, 0.3) is 0 Å². The van der Waals surface area contributed by atoms with E-state index in [1.807, 2.05) is 38.1 Å². The number of benzene rings is 1. The van der Waals surface area contributed by atoms with Crippen LogP contribution in [0.25, 0.3) is 0 Å². The topological polar surface area (TPSA) is 58.6 Å². The molecule has 1 atom stereocenters. The smallest absolute Gasteiger partial charge is 0.247 e. The predicted octanol–water partition coefficient (Wildman–Crippen LogP) is 3.98. The summed E-state index contributed by atoms with van der Waals surface area (Å²) in [5, 5.41) is 3.20. The SMILES string of the molecule is CCOCCCN(C(=O)CCl)[C@@H](C(=O)NC1CCCCC1)c1ccccc1C. The number of amides is 2. The second kappa shape index (κ2) is 12.1. The van der Waals surface area contributed by atoms with Crippen molar-refractivity contribution in [2.45, 2.75) is 64.5 Å². The van der Waals surface area contributed by atoms with Gasteiger partial charge >= 0.3 is 0 Å². The van der Waals surface area contributed by atoms with Crippen molar-refractivity contribution in [3.05, 3.63) is 35.4 Å². The summed E-state index contributed by atoms with van der Waals surface area (Å²) in [6.45, 7) is 5.53. The number of aryl methyl sites for hydroxylation is 1. The summed E-state index contributed by atoms with van der Waals surface area (Å²) >= 11 is 5.90. The minimum atomic E-state index is -0.670. The normalized spacial score (nSPS) is 15.8. The van der Waals surface area contributed by atoms with E-state index in [9.17, 15) is 9.59 Å². The fraction of sp³-hybridized carbons (Fsp3) is 0.636. The molecule has 0 bridgehead atoms. The van der Waals surface area contributed by atoms with E-state index < -0.39 is 6.04 Å². The molecule has 0 saturated heterocycles. The minimum absolute atomic E-state index is 0.115. The number of alkyl halides is 1. The Morgan fingerprint density at radius 3 is 2.61 bits per heavy atom. The van der Waals surface area contributed by atoms with Crippen LogP contribution in [0, 0.1) is 6.92 Å². The molecule has 0 spiro atoms. The van der Waals surface area contributed by atoms with Gasteiger partial charge in [-0.2, -0.15) is 0 Å². The van der Waals surface area contributed by atoms with E-state index in [4.69, 9.17) is 16.3 Å². The van der Waals surface area contributed by atoms with Gasteiger partial charge in [-0.05, 0) is 44.2 Å². The lowest BCUT2D eigenvalue weighted by atomic mass is 9.94. The third-order valence-electron chi connectivity index (χ3n) is 5.32. The Balaban J connectivity index is 2.26. The summed E-state index contributed by atoms with van der Waals surface area (Å²) in [6.07, 6.45) is 6.16. The number of halogens is 1. The summed E-state index contributed by atoms with van der Waals surface area (Å²) in [7, 11) is 0. The fourth-order valence-corrected chi connectivity index (χ4v) is 3.98. The highest BCUT2D eigenvalue weighted by Crippen LogP contribution is 2.27. The van der Waals surface area contributed by atoms with Crippen LogP contribution in [0.3, 0.4) is 0 Å². The number of hydrogen-bond donors (Lipinski definition) is 1. The molecule has 1 fully saturated rings. The minimum Gasteiger partial charge on any atom is -0.382 e. The number of nitrogens with zero attached hydrogens (tertiary/aromatic N) is 1. The first-order chi connectivity index (χ1) is 13.6. The van der Waals surface area contributed by atoms with Gasteiger partial charge in [-0.25, -0.2) is 0 Å². The summed E-state index contributed by atoms with van der Waals surface area (Å²) < 4.78 is 5.42. The molecule has 2 amide bonds. The van der Waals surface area contributed by atoms with Gasteiger partial charge < -0.3 is 15.0 Å². The van der Waals surface area contributed by atoms with Crippen molar-refractivity contribution in [1.29, 1.82) is 0 Å². The number of ether oxygens (including phenoxy) is 1. The lowest BCUT2D eigenvalue weighted by Gasteiger charge is -2.33. The summed E-state index contributed by atoms with van der Waals surface area (Å²) in [6, 6.07) is 7.27. The molecule has 1 N–H and O–H groups in total. The van der Waals surface area contributed by atoms with Gasteiger partial charge in [0, 0.05) is 25.8 Å². The van der Waals surface area contributed by atoms with Crippen molar-refractivity contribution in [3.8, 4) is 0 Å². The van der Waals surface area contributed by atoms with E-state index in [-0.39, 0.29) is 23.7 Å². The number of carbonyl (C=O) groups excluding carboxylic acids is 2. The Morgan fingerprint density at radius 1 is 1.25 bits per heavy atom. The van der Waals surface area contributed by atoms with Gasteiger partial charge in [-0.3, -0.25) is 9.59 Å². The van der Waals surface area contributed by atoms with Crippen LogP contribution in [-0.2, 0) is 14.3 Å². The van der Waals surface area contributed by atoms with Gasteiger partial charge in [-0.15, -0.1) is 11.6 Å². The number of rotatable bonds is 10. The second-order valence-corrected chi connectivity index (χ2v) is 7.64. The molecule has 0 heterocycles. The first-order valence-corrected chi connectivity index (χ1v) is 10.9. The third-order valence-corrected chi connectivity index (χ3v) is 5.55. The molecule has 156 valence electrons. The molecule has 0 aliphatic heterocycles. The molecule has 2 rings (SSSR count). The van der Waals surface area contributed by atoms with Gasteiger partial charge in [0.2, 0.25) is 11.8 Å². The van der Waals surface area contributed by atoms with E-state index >= 15 is 0 Å². The average Bonchev–Trinajstić information content (AvgIpc) is 2.71. The van der Waals surface area contributed by atoms with Gasteiger partial charge in [0.1, 0.15) is 11.9 Å². The maximum absolute atomic E-state index is 13.3. The molecule has 1 aliphatic rings. The highest BCUT2D eigenvalue weighted by molar-refractivity contribution is 6.27. The Labute approximate surface area is 173 Å². The highest BCUT2D eigenvalue weighted by atomic mass is 35.5. The van der Waals surface area contributed by atoms with Crippen LogP contribution in [0.1, 0.15) is 62.6 Å². The number of carbonyl (C=O) groups is 2. The first kappa shape index (κ1) is 22.7. The van der Waals surface area contributed by atoms with Crippen LogP contribution in [-0.4, -0.2) is 48.4 Å². The molecule has 0 aromatic heterocycles. The standard InChI is InChI=1S/C22H33ClN2O3/c1-3-28-15-9-14-25(20(26)16-23)21(19-13-8-7-10-17(19)2)22(27)24-18-11-5-4-6-12-18/h7-8,10,13,18,21H,3-6,9,11-12,14-16H2,1-2H3,(H,24,27)/t21-/m1/s1. The molecule has 0 unspecified atom stereocenters. The second-order valence-electron chi connectivity index (χ2n) is 7.37. The van der Waals surface area contributed by atoms with E-state index in [0.717, 1.165) is 36.8 Å². The third kappa shape index (κ3) is 6.49. The molecule has 5 nitrogen and oxygen atoms in total. The zero-order valence-corrected chi connectivity index (χ0v) is 17.8. The molecular weight excluding hydrogens is 376 g/mol. The van der Waals surface area contributed by atoms with Gasteiger partial charge in [0.15, 0.2) is 0 Å². The summed E-state index contributed by atoms with van der Waals surface area (Å²) in [5.41, 5.74) is 1.84. The quantitative estimate of drug-likeness (QED) is 0.470. The first-order valence-electron chi connectivity index (χ1n) is 10.4. The molecule has 1 aromatic rings. The largest absolute Gasteiger partial charge is 0.382 e. The van der Waals surface area contributed by atoms with E-state index in [1.54, 1.807) is 4.90 Å². The van der Waals surface area contributed by atoms with Gasteiger partial charge in [0.05, 0.1) is 0 Å². The number of hydrogen-bond acceptors (Lipinski definition) is 3. The van der Waals surface area contributed by atoms with Crippen molar-refractivity contribution >= 4 is 23.4 Å². The monoisotopic (exact) mass is 408 g/mol. The van der Waals surface area contributed by atoms with Crippen LogP contribution < -0.4 is 5.32 Å². The highest BCUT2D eigenvalue weighted by Gasteiger charge is 2.33. The lowest BCUT2D eigenvalue weighted by molar-refractivity contribution is -0.139. The average molecular weight is 409 g/mol. The Hall–Kier alpha value is -1.59. The molecular formula is C22H33ClN2O3. The van der Waals surface area contributed by atoms with Crippen molar-refractivity contribution in [3.63, 3.8) is 0 Å². The van der Waals surface area contributed by atoms with Crippen LogP contribution >= 0.6 is 11.6 Å². The zero-order chi connectivity index (χ0) is 20.4. The fourth-order valence-electron chi connectivity index (χ4n) is 3.83. The molecule has 6 heteroatoms. The Kier molecular flexibility index (Phi) is 9.79. The van der Waals surface area contributed by atoms with Crippen molar-refractivity contribution in [2.24, 2.45) is 0 Å². The molecule has 28 heavy (non-hydrogen) atoms. The molecule has 1 saturated carbocycles. The Morgan fingerprint density at radius 2 is 1.96 bits per heavy atom. The maximum atomic E-state index is 13.3. The van der Waals surface area contributed by atoms with Crippen LogP contribution in [0.15, 0.2) is 24.3 Å². The van der Waals surface area contributed by atoms with Crippen LogP contribution in [0.4, 0.5) is 0 Å². The number of nitrogens with one attached hydrogen (secondary N) is 1. The molecule has 0 radical (unpaired) electrons. The Bertz CT molecular complexity index is 632. The van der Waals surface area contributed by atoms with E-state index in [2.05, 4.69) is 5.32 Å². The predicted molar refractivity (Wildman–Crippen MR) is 112 cm³/mol. The molecule has 1 aliphatic carbocycles. The zero-order valence-electron chi connectivity index (χ0n) is 17.1. The lowest BCUT2D eigenvalue weighted by Crippen LogP contribution is -2.48. The van der Waals surface area contributed by atoms with Crippen LogP contribution in [0.2, 0.25) is 0 Å². The maximum Gasteiger partial charge on any atom is 0.247 e.